The van der Waals surface area contributed by atoms with Gasteiger partial charge < -0.3 is 9.79 Å². The van der Waals surface area contributed by atoms with Gasteiger partial charge in [0.25, 0.3) is 0 Å². The summed E-state index contributed by atoms with van der Waals surface area (Å²) in [6.45, 7) is 8.24. The number of hydrogen-bond acceptors (Lipinski definition) is 1. The van der Waals surface area contributed by atoms with Crippen molar-refractivity contribution in [1.82, 2.24) is 0 Å². The average Bonchev–Trinajstić information content (AvgIpc) is 2.42. The summed E-state index contributed by atoms with van der Waals surface area (Å²) < 4.78 is 13.8. The molecule has 0 saturated heterocycles. The maximum absolute atomic E-state index is 11.7. The van der Waals surface area contributed by atoms with Gasteiger partial charge in [-0.05, 0) is 31.5 Å². The van der Waals surface area contributed by atoms with Gasteiger partial charge in [-0.25, -0.2) is 4.57 Å². The average molecular weight is 332 g/mol. The van der Waals surface area contributed by atoms with Gasteiger partial charge in [0.15, 0.2) is 11.9 Å². The van der Waals surface area contributed by atoms with Gasteiger partial charge in [-0.2, -0.15) is 0 Å². The van der Waals surface area contributed by atoms with Crippen LogP contribution in [0.3, 0.4) is 0 Å². The molecular weight excluding hydrogens is 304 g/mol. The summed E-state index contributed by atoms with van der Waals surface area (Å²) >= 11 is 0. The van der Waals surface area contributed by atoms with Crippen LogP contribution in [0.4, 0.5) is 0 Å². The monoisotopic (exact) mass is 332 g/mol. The first-order valence-electron chi connectivity index (χ1n) is 7.54. The number of nitrogens with zero attached hydrogens (tertiary/aromatic N) is 1. The number of rotatable bonds is 7. The highest BCUT2D eigenvalue weighted by atomic mass is 31.2. The SMILES string of the molecule is CCc1c[n+](C)c(CC)c(CC(PC)P(=O)(O)O)c1CC. The lowest BCUT2D eigenvalue weighted by atomic mass is 9.94. The molecule has 2 unspecified atom stereocenters. The smallest absolute Gasteiger partial charge is 0.324 e. The number of aromatic nitrogens is 1. The molecule has 0 amide bonds. The van der Waals surface area contributed by atoms with Crippen LogP contribution in [-0.2, 0) is 37.3 Å². The molecule has 1 rings (SSSR count). The van der Waals surface area contributed by atoms with Gasteiger partial charge in [0.2, 0.25) is 0 Å². The third-order valence-corrected chi connectivity index (χ3v) is 7.73. The molecule has 1 heterocycles. The highest BCUT2D eigenvalue weighted by molar-refractivity contribution is 7.65. The first-order valence-corrected chi connectivity index (χ1v) is 10.8. The third kappa shape index (κ3) is 4.36. The molecule has 0 radical (unpaired) electrons. The molecule has 21 heavy (non-hydrogen) atoms. The lowest BCUT2D eigenvalue weighted by molar-refractivity contribution is -0.679. The van der Waals surface area contributed by atoms with Crippen molar-refractivity contribution in [3.05, 3.63) is 28.6 Å². The van der Waals surface area contributed by atoms with Crippen molar-refractivity contribution in [2.45, 2.75) is 51.9 Å². The van der Waals surface area contributed by atoms with Gasteiger partial charge in [-0.15, -0.1) is 8.58 Å². The van der Waals surface area contributed by atoms with E-state index in [9.17, 15) is 14.4 Å². The predicted octanol–water partition coefficient (Wildman–Crippen LogP) is 2.55. The summed E-state index contributed by atoms with van der Waals surface area (Å²) in [6, 6.07) is 0. The van der Waals surface area contributed by atoms with Crippen LogP contribution in [0.1, 0.15) is 43.2 Å². The van der Waals surface area contributed by atoms with E-state index >= 15 is 0 Å². The number of hydrogen-bond donors (Lipinski definition) is 2. The molecule has 0 fully saturated rings. The summed E-state index contributed by atoms with van der Waals surface area (Å²) in [5, 5.41) is -0.555. The van der Waals surface area contributed by atoms with Crippen LogP contribution < -0.4 is 4.57 Å². The van der Waals surface area contributed by atoms with E-state index < -0.39 is 13.0 Å². The second kappa shape index (κ2) is 7.83. The molecule has 0 aliphatic heterocycles. The Kier molecular flexibility index (Phi) is 7.00. The quantitative estimate of drug-likeness (QED) is 0.596. The van der Waals surface area contributed by atoms with Crippen LogP contribution in [0.5, 0.6) is 0 Å². The zero-order chi connectivity index (χ0) is 16.2. The van der Waals surface area contributed by atoms with Crippen LogP contribution in [0.15, 0.2) is 6.20 Å². The molecule has 2 N–H and O–H groups in total. The molecule has 0 aliphatic carbocycles. The molecule has 0 spiro atoms. The van der Waals surface area contributed by atoms with Gasteiger partial charge in [0.1, 0.15) is 7.05 Å². The van der Waals surface area contributed by atoms with Crippen molar-refractivity contribution in [3.8, 4) is 0 Å². The highest BCUT2D eigenvalue weighted by Gasteiger charge is 2.31. The summed E-state index contributed by atoms with van der Waals surface area (Å²) in [7, 11) is -1.76. The van der Waals surface area contributed by atoms with Crippen molar-refractivity contribution < 1.29 is 18.9 Å². The Morgan fingerprint density at radius 2 is 1.81 bits per heavy atom. The molecule has 4 nitrogen and oxygen atoms in total. The van der Waals surface area contributed by atoms with Crippen LogP contribution in [0.25, 0.3) is 0 Å². The molecule has 0 bridgehead atoms. The standard InChI is InChI=1S/C15H27NO3P2/c1-6-11-10-16(4)14(8-3)13(12(11)7-2)9-15(20-5)21(17,18)19/h10,15,20H,6-9H2,1-5H3,(H-,17,18,19)/p+1. The normalized spacial score (nSPS) is 14.0. The Hall–Kier alpha value is -0.270. The van der Waals surface area contributed by atoms with Crippen LogP contribution in [-0.4, -0.2) is 21.9 Å². The number of aryl methyl sites for hydroxylation is 2. The topological polar surface area (TPSA) is 61.4 Å². The minimum Gasteiger partial charge on any atom is -0.324 e. The maximum Gasteiger partial charge on any atom is 0.332 e. The first kappa shape index (κ1) is 18.8. The Morgan fingerprint density at radius 1 is 1.19 bits per heavy atom. The Morgan fingerprint density at radius 3 is 2.19 bits per heavy atom. The van der Waals surface area contributed by atoms with E-state index in [1.54, 1.807) is 0 Å². The maximum atomic E-state index is 11.7. The summed E-state index contributed by atoms with van der Waals surface area (Å²) in [5.41, 5.74) is 4.92. The largest absolute Gasteiger partial charge is 0.332 e. The molecule has 0 aromatic carbocycles. The lowest BCUT2D eigenvalue weighted by Crippen LogP contribution is -2.37. The van der Waals surface area contributed by atoms with E-state index in [-0.39, 0.29) is 8.58 Å². The summed E-state index contributed by atoms with van der Waals surface area (Å²) in [6.07, 6.45) is 5.38. The van der Waals surface area contributed by atoms with E-state index in [4.69, 9.17) is 0 Å². The van der Waals surface area contributed by atoms with Gasteiger partial charge >= 0.3 is 7.60 Å². The molecule has 2 atom stereocenters. The molecule has 120 valence electrons. The second-order valence-corrected chi connectivity index (χ2v) is 8.89. The molecule has 0 saturated carbocycles. The van der Waals surface area contributed by atoms with Crippen LogP contribution in [0.2, 0.25) is 0 Å². The Labute approximate surface area is 129 Å². The molecule has 1 aromatic rings. The van der Waals surface area contributed by atoms with E-state index in [1.807, 2.05) is 13.7 Å². The predicted molar refractivity (Wildman–Crippen MR) is 89.5 cm³/mol. The Bertz CT molecular complexity index is 540. The summed E-state index contributed by atoms with van der Waals surface area (Å²) in [4.78, 5) is 19.1. The fraction of sp³-hybridized carbons (Fsp3) is 0.667. The van der Waals surface area contributed by atoms with E-state index in [0.29, 0.717) is 6.42 Å². The minimum absolute atomic E-state index is 0.243. The third-order valence-electron chi connectivity index (χ3n) is 4.08. The van der Waals surface area contributed by atoms with E-state index in [0.717, 1.165) is 24.8 Å². The van der Waals surface area contributed by atoms with Crippen molar-refractivity contribution in [2.24, 2.45) is 7.05 Å². The lowest BCUT2D eigenvalue weighted by Gasteiger charge is -2.20. The molecule has 6 heteroatoms. The van der Waals surface area contributed by atoms with Gasteiger partial charge in [0, 0.05) is 17.5 Å². The first-order chi connectivity index (χ1) is 9.79. The highest BCUT2D eigenvalue weighted by Crippen LogP contribution is 2.50. The van der Waals surface area contributed by atoms with Gasteiger partial charge in [-0.1, -0.05) is 20.8 Å². The minimum atomic E-state index is -4.04. The Balaban J connectivity index is 3.44. The molecular formula is C15H28NO3P2+. The van der Waals surface area contributed by atoms with Crippen LogP contribution >= 0.6 is 16.2 Å². The summed E-state index contributed by atoms with van der Waals surface area (Å²) in [5.74, 6) is 0. The second-order valence-electron chi connectivity index (χ2n) is 5.33. The number of pyridine rings is 1. The van der Waals surface area contributed by atoms with Gasteiger partial charge in [0.05, 0.1) is 5.40 Å². The molecule has 1 aromatic heterocycles. The van der Waals surface area contributed by atoms with E-state index in [2.05, 4.69) is 31.5 Å². The van der Waals surface area contributed by atoms with E-state index in [1.165, 1.54) is 16.8 Å². The van der Waals surface area contributed by atoms with Crippen molar-refractivity contribution in [2.75, 3.05) is 6.66 Å². The van der Waals surface area contributed by atoms with Gasteiger partial charge in [-0.3, -0.25) is 4.57 Å². The van der Waals surface area contributed by atoms with Crippen molar-refractivity contribution >= 4 is 16.2 Å². The molecule has 0 aliphatic rings. The fourth-order valence-corrected chi connectivity index (χ4v) is 5.18. The fourth-order valence-electron chi connectivity index (χ4n) is 3.00. The zero-order valence-corrected chi connectivity index (χ0v) is 15.6. The van der Waals surface area contributed by atoms with Crippen molar-refractivity contribution in [3.63, 3.8) is 0 Å². The van der Waals surface area contributed by atoms with Crippen LogP contribution in [0, 0.1) is 0 Å². The zero-order valence-electron chi connectivity index (χ0n) is 13.7. The van der Waals surface area contributed by atoms with Crippen molar-refractivity contribution in [1.29, 1.82) is 0 Å².